The number of urea groups is 2. The lowest BCUT2D eigenvalue weighted by Gasteiger charge is -2.49. The number of nitrogens with zero attached hydrogens (tertiary/aromatic N) is 2. The van der Waals surface area contributed by atoms with Crippen molar-refractivity contribution >= 4 is 17.8 Å². The van der Waals surface area contributed by atoms with Crippen LogP contribution < -0.4 is 10.6 Å². The van der Waals surface area contributed by atoms with Gasteiger partial charge in [0.25, 0.3) is 0 Å². The molecule has 3 saturated heterocycles. The van der Waals surface area contributed by atoms with Gasteiger partial charge in [0.15, 0.2) is 17.1 Å². The standard InChI is InChI=1S/C33H44N4O3/c1-3-5-7-9-11-13-25-15-19-27(20-16-25)32-33(28-21-17-26(18-22-28)14-12-10-8-6-4-2)36(30(39)34-32)23-29(38)24-37(33)31(40)35-32/h15-22H,3-14,23-24H2,1-2H3,(H,34,39)(H,35,40). The molecule has 0 spiro atoms. The molecule has 3 aliphatic heterocycles. The van der Waals surface area contributed by atoms with E-state index in [4.69, 9.17) is 0 Å². The molecule has 0 aromatic heterocycles. The summed E-state index contributed by atoms with van der Waals surface area (Å²) >= 11 is 0. The zero-order valence-electron chi connectivity index (χ0n) is 24.1. The second kappa shape index (κ2) is 12.0. The quantitative estimate of drug-likeness (QED) is 0.272. The monoisotopic (exact) mass is 544 g/mol. The Bertz CT molecular complexity index is 1180. The van der Waals surface area contributed by atoms with Crippen molar-refractivity contribution in [1.29, 1.82) is 0 Å². The Morgan fingerprint density at radius 3 is 1.48 bits per heavy atom. The number of carbonyl (C=O) groups excluding carboxylic acids is 3. The fraction of sp³-hybridized carbons (Fsp3) is 0.545. The zero-order valence-corrected chi connectivity index (χ0v) is 24.1. The Hall–Kier alpha value is -3.35. The molecule has 40 heavy (non-hydrogen) atoms. The summed E-state index contributed by atoms with van der Waals surface area (Å²) in [5, 5.41) is 6.25. The minimum Gasteiger partial charge on any atom is -0.307 e. The largest absolute Gasteiger partial charge is 0.322 e. The van der Waals surface area contributed by atoms with E-state index in [1.807, 2.05) is 24.3 Å². The van der Waals surface area contributed by atoms with Crippen molar-refractivity contribution in [2.24, 2.45) is 0 Å². The van der Waals surface area contributed by atoms with Crippen molar-refractivity contribution in [1.82, 2.24) is 20.4 Å². The van der Waals surface area contributed by atoms with Gasteiger partial charge >= 0.3 is 12.1 Å². The summed E-state index contributed by atoms with van der Waals surface area (Å²) in [6.07, 6.45) is 14.3. The van der Waals surface area contributed by atoms with Crippen LogP contribution in [0.15, 0.2) is 48.5 Å². The lowest BCUT2D eigenvalue weighted by molar-refractivity contribution is -0.133. The number of amides is 4. The van der Waals surface area contributed by atoms with Crippen molar-refractivity contribution in [3.63, 3.8) is 0 Å². The number of ketones is 1. The number of rotatable bonds is 14. The first-order valence-electron chi connectivity index (χ1n) is 15.4. The number of carbonyl (C=O) groups is 3. The summed E-state index contributed by atoms with van der Waals surface area (Å²) in [5.74, 6) is -0.152. The molecule has 2 aromatic rings. The van der Waals surface area contributed by atoms with Gasteiger partial charge in [0, 0.05) is 11.1 Å². The molecule has 0 aliphatic carbocycles. The summed E-state index contributed by atoms with van der Waals surface area (Å²) in [5.41, 5.74) is 1.75. The van der Waals surface area contributed by atoms with Crippen LogP contribution in [0.25, 0.3) is 0 Å². The summed E-state index contributed by atoms with van der Waals surface area (Å²) in [6.45, 7) is 4.38. The van der Waals surface area contributed by atoms with E-state index in [-0.39, 0.29) is 30.9 Å². The molecular formula is C33H44N4O3. The molecule has 3 fully saturated rings. The molecule has 5 rings (SSSR count). The first-order valence-corrected chi connectivity index (χ1v) is 15.4. The Kier molecular flexibility index (Phi) is 8.48. The van der Waals surface area contributed by atoms with Crippen LogP contribution in [0.4, 0.5) is 9.59 Å². The SMILES string of the molecule is CCCCCCCc1ccc(C23NC(=O)N4CC(=O)CN(C(=O)N2)C43c2ccc(CCCCCCC)cc2)cc1. The molecule has 0 atom stereocenters. The maximum Gasteiger partial charge on any atom is 0.322 e. The third-order valence-corrected chi connectivity index (χ3v) is 8.93. The molecule has 214 valence electrons. The van der Waals surface area contributed by atoms with Crippen molar-refractivity contribution in [2.45, 2.75) is 102 Å². The van der Waals surface area contributed by atoms with E-state index in [0.29, 0.717) is 0 Å². The molecule has 7 nitrogen and oxygen atoms in total. The third-order valence-electron chi connectivity index (χ3n) is 8.93. The van der Waals surface area contributed by atoms with Gasteiger partial charge in [-0.15, -0.1) is 0 Å². The molecule has 0 unspecified atom stereocenters. The maximum atomic E-state index is 13.5. The lowest BCUT2D eigenvalue weighted by atomic mass is 9.79. The van der Waals surface area contributed by atoms with E-state index < -0.39 is 11.3 Å². The topological polar surface area (TPSA) is 81.8 Å². The first kappa shape index (κ1) is 28.2. The van der Waals surface area contributed by atoms with E-state index in [1.54, 1.807) is 9.80 Å². The average molecular weight is 545 g/mol. The number of nitrogens with one attached hydrogen (secondary N) is 2. The smallest absolute Gasteiger partial charge is 0.307 e. The first-order chi connectivity index (χ1) is 19.5. The van der Waals surface area contributed by atoms with Crippen molar-refractivity contribution in [3.8, 4) is 0 Å². The van der Waals surface area contributed by atoms with Gasteiger partial charge in [0.05, 0.1) is 13.1 Å². The van der Waals surface area contributed by atoms with Crippen LogP contribution >= 0.6 is 0 Å². The second-order valence-electron chi connectivity index (χ2n) is 11.7. The third kappa shape index (κ3) is 4.88. The highest BCUT2D eigenvalue weighted by Crippen LogP contribution is 2.54. The Morgan fingerprint density at radius 1 is 0.600 bits per heavy atom. The van der Waals surface area contributed by atoms with Crippen LogP contribution in [0, 0.1) is 0 Å². The van der Waals surface area contributed by atoms with Crippen LogP contribution in [-0.4, -0.2) is 40.7 Å². The fourth-order valence-corrected chi connectivity index (χ4v) is 6.85. The molecule has 0 radical (unpaired) electrons. The predicted octanol–water partition coefficient (Wildman–Crippen LogP) is 6.35. The van der Waals surface area contributed by atoms with Gasteiger partial charge in [-0.05, 0) is 36.8 Å². The highest BCUT2D eigenvalue weighted by Gasteiger charge is 2.75. The van der Waals surface area contributed by atoms with Gasteiger partial charge in [0.2, 0.25) is 0 Å². The number of unbranched alkanes of at least 4 members (excludes halogenated alkanes) is 8. The summed E-state index contributed by atoms with van der Waals surface area (Å²) in [4.78, 5) is 42.8. The highest BCUT2D eigenvalue weighted by atomic mass is 16.2. The van der Waals surface area contributed by atoms with Crippen molar-refractivity contribution in [3.05, 3.63) is 70.8 Å². The van der Waals surface area contributed by atoms with Crippen molar-refractivity contribution < 1.29 is 14.4 Å². The van der Waals surface area contributed by atoms with Gasteiger partial charge in [-0.1, -0.05) is 114 Å². The normalized spacial score (nSPS) is 23.4. The summed E-state index contributed by atoms with van der Waals surface area (Å²) in [6, 6.07) is 15.9. The molecule has 3 heterocycles. The molecule has 3 aliphatic rings. The Labute approximate surface area is 238 Å². The minimum atomic E-state index is -1.21. The zero-order chi connectivity index (χ0) is 28.2. The molecule has 0 saturated carbocycles. The second-order valence-corrected chi connectivity index (χ2v) is 11.7. The Balaban J connectivity index is 1.45. The van der Waals surface area contributed by atoms with Crippen molar-refractivity contribution in [2.75, 3.05) is 13.1 Å². The number of Topliss-reactive ketones (excluding diaryl/α,β-unsaturated/α-hetero) is 1. The van der Waals surface area contributed by atoms with Crippen LogP contribution in [0.1, 0.15) is 100 Å². The van der Waals surface area contributed by atoms with E-state index in [2.05, 4.69) is 48.7 Å². The summed E-state index contributed by atoms with van der Waals surface area (Å²) in [7, 11) is 0. The number of hydrogen-bond donors (Lipinski definition) is 2. The van der Waals surface area contributed by atoms with E-state index in [0.717, 1.165) is 36.8 Å². The maximum absolute atomic E-state index is 13.5. The lowest BCUT2D eigenvalue weighted by Crippen LogP contribution is -2.66. The van der Waals surface area contributed by atoms with Gasteiger partial charge < -0.3 is 10.6 Å². The molecule has 2 N–H and O–H groups in total. The van der Waals surface area contributed by atoms with E-state index >= 15 is 0 Å². The number of aryl methyl sites for hydroxylation is 2. The van der Waals surface area contributed by atoms with Crippen LogP contribution in [0.5, 0.6) is 0 Å². The van der Waals surface area contributed by atoms with Crippen LogP contribution in [0.2, 0.25) is 0 Å². The Morgan fingerprint density at radius 2 is 1.02 bits per heavy atom. The molecule has 4 amide bonds. The van der Waals surface area contributed by atoms with E-state index in [1.165, 1.54) is 62.5 Å². The molecule has 7 heteroatoms. The predicted molar refractivity (Wildman–Crippen MR) is 157 cm³/mol. The van der Waals surface area contributed by atoms with Gasteiger partial charge in [-0.2, -0.15) is 0 Å². The molecular weight excluding hydrogens is 500 g/mol. The van der Waals surface area contributed by atoms with Crippen LogP contribution in [0.3, 0.4) is 0 Å². The minimum absolute atomic E-state index is 0.0337. The highest BCUT2D eigenvalue weighted by molar-refractivity contribution is 5.98. The van der Waals surface area contributed by atoms with Gasteiger partial charge in [-0.3, -0.25) is 14.6 Å². The van der Waals surface area contributed by atoms with Crippen LogP contribution in [-0.2, 0) is 29.0 Å². The summed E-state index contributed by atoms with van der Waals surface area (Å²) < 4.78 is 0. The number of benzene rings is 2. The average Bonchev–Trinajstić information content (AvgIpc) is 3.36. The molecule has 2 aromatic carbocycles. The molecule has 0 bridgehead atoms. The van der Waals surface area contributed by atoms with Gasteiger partial charge in [-0.25, -0.2) is 9.59 Å². The van der Waals surface area contributed by atoms with E-state index in [9.17, 15) is 14.4 Å². The fourth-order valence-electron chi connectivity index (χ4n) is 6.85. The van der Waals surface area contributed by atoms with Gasteiger partial charge in [0.1, 0.15) is 0 Å². The number of hydrogen-bond acceptors (Lipinski definition) is 3.